The first kappa shape index (κ1) is 7.79. The van der Waals surface area contributed by atoms with Crippen molar-refractivity contribution < 1.29 is 4.18 Å². The molecule has 0 amide bonds. The lowest BCUT2D eigenvalue weighted by molar-refractivity contribution is 0.422. The lowest BCUT2D eigenvalue weighted by Crippen LogP contribution is -1.87. The summed E-state index contributed by atoms with van der Waals surface area (Å²) in [5.74, 6) is 0. The van der Waals surface area contributed by atoms with Gasteiger partial charge in [-0.2, -0.15) is 0 Å². The van der Waals surface area contributed by atoms with E-state index in [1.54, 1.807) is 12.2 Å². The van der Waals surface area contributed by atoms with E-state index in [1.807, 2.05) is 0 Å². The van der Waals surface area contributed by atoms with E-state index in [0.717, 1.165) is 6.10 Å². The third kappa shape index (κ3) is 2.88. The highest BCUT2D eigenvalue weighted by Crippen LogP contribution is 2.10. The zero-order chi connectivity index (χ0) is 6.41. The molecule has 0 aromatic rings. The van der Waals surface area contributed by atoms with E-state index in [2.05, 4.69) is 30.3 Å². The molecule has 0 aliphatic heterocycles. The molecule has 2 heteroatoms. The Morgan fingerprint density at radius 2 is 2.25 bits per heavy atom. The Bertz CT molecular complexity index is 80.6. The van der Waals surface area contributed by atoms with E-state index in [0.29, 0.717) is 6.42 Å². The lowest BCUT2D eigenvalue weighted by atomic mass is 10.2. The average molecular weight is 129 g/mol. The SMILES string of the molecule is C=CC[C](C=C)OS. The van der Waals surface area contributed by atoms with Gasteiger partial charge in [-0.15, -0.1) is 13.2 Å². The van der Waals surface area contributed by atoms with Crippen LogP contribution in [0.1, 0.15) is 6.42 Å². The maximum Gasteiger partial charge on any atom is 0.138 e. The smallest absolute Gasteiger partial charge is 0.138 e. The third-order valence-electron chi connectivity index (χ3n) is 0.690. The number of hydrogen-bond donors (Lipinski definition) is 1. The molecule has 1 radical (unpaired) electrons. The number of thiol groups is 1. The molecule has 0 bridgehead atoms. The van der Waals surface area contributed by atoms with Gasteiger partial charge in [0.1, 0.15) is 6.10 Å². The Morgan fingerprint density at radius 3 is 2.38 bits per heavy atom. The number of rotatable bonds is 4. The van der Waals surface area contributed by atoms with Crippen molar-refractivity contribution in [3.63, 3.8) is 0 Å². The molecular formula is C6H9OS. The molecular weight excluding hydrogens is 120 g/mol. The predicted molar refractivity (Wildman–Crippen MR) is 38.3 cm³/mol. The topological polar surface area (TPSA) is 9.23 Å². The van der Waals surface area contributed by atoms with Crippen LogP contribution in [0.25, 0.3) is 0 Å². The summed E-state index contributed by atoms with van der Waals surface area (Å²) in [6, 6.07) is 0. The van der Waals surface area contributed by atoms with Crippen molar-refractivity contribution in [1.29, 1.82) is 0 Å². The first-order chi connectivity index (χ1) is 3.85. The zero-order valence-electron chi connectivity index (χ0n) is 4.63. The quantitative estimate of drug-likeness (QED) is 0.347. The zero-order valence-corrected chi connectivity index (χ0v) is 5.53. The van der Waals surface area contributed by atoms with E-state index in [-0.39, 0.29) is 0 Å². The van der Waals surface area contributed by atoms with Crippen molar-refractivity contribution in [2.45, 2.75) is 6.42 Å². The maximum absolute atomic E-state index is 4.56. The Labute approximate surface area is 55.7 Å². The first-order valence-corrected chi connectivity index (χ1v) is 2.62. The van der Waals surface area contributed by atoms with Crippen molar-refractivity contribution in [2.24, 2.45) is 0 Å². The van der Waals surface area contributed by atoms with Crippen LogP contribution in [0.3, 0.4) is 0 Å². The molecule has 0 N–H and O–H groups in total. The maximum atomic E-state index is 4.56. The molecule has 1 nitrogen and oxygen atoms in total. The molecule has 0 aliphatic rings. The van der Waals surface area contributed by atoms with Crippen LogP contribution in [0.2, 0.25) is 0 Å². The summed E-state index contributed by atoms with van der Waals surface area (Å²) >= 11 is 3.57. The summed E-state index contributed by atoms with van der Waals surface area (Å²) in [7, 11) is 0. The second kappa shape index (κ2) is 4.94. The standard InChI is InChI=1S/C6H9OS/c1-3-5-6(4-2)7-8/h3-4,8H,1-2,5H2. The fraction of sp³-hybridized carbons (Fsp3) is 0.167. The molecule has 0 saturated carbocycles. The van der Waals surface area contributed by atoms with Crippen LogP contribution in [0.15, 0.2) is 25.3 Å². The highest BCUT2D eigenvalue weighted by molar-refractivity contribution is 7.75. The molecule has 0 aromatic carbocycles. The minimum atomic E-state index is 0.688. The highest BCUT2D eigenvalue weighted by atomic mass is 32.1. The Kier molecular flexibility index (Phi) is 4.81. The molecule has 0 atom stereocenters. The van der Waals surface area contributed by atoms with Gasteiger partial charge >= 0.3 is 0 Å². The first-order valence-electron chi connectivity index (χ1n) is 2.25. The Balaban J connectivity index is 3.35. The van der Waals surface area contributed by atoms with Gasteiger partial charge in [-0.05, 0) is 12.9 Å². The van der Waals surface area contributed by atoms with Crippen LogP contribution in [0.5, 0.6) is 0 Å². The molecule has 0 unspecified atom stereocenters. The van der Waals surface area contributed by atoms with E-state index < -0.39 is 0 Å². The van der Waals surface area contributed by atoms with Gasteiger partial charge in [-0.1, -0.05) is 12.2 Å². The van der Waals surface area contributed by atoms with Crippen molar-refractivity contribution in [2.75, 3.05) is 0 Å². The largest absolute Gasteiger partial charge is 0.304 e. The van der Waals surface area contributed by atoms with Gasteiger partial charge in [-0.25, -0.2) is 0 Å². The molecule has 0 aromatic heterocycles. The molecule has 45 valence electrons. The van der Waals surface area contributed by atoms with Gasteiger partial charge in [-0.3, -0.25) is 0 Å². The van der Waals surface area contributed by atoms with Crippen LogP contribution >= 0.6 is 12.9 Å². The second-order valence-corrected chi connectivity index (χ2v) is 1.44. The average Bonchev–Trinajstić information content (AvgIpc) is 1.83. The minimum Gasteiger partial charge on any atom is -0.304 e. The van der Waals surface area contributed by atoms with Crippen LogP contribution in [0, 0.1) is 6.10 Å². The van der Waals surface area contributed by atoms with E-state index >= 15 is 0 Å². The van der Waals surface area contributed by atoms with Gasteiger partial charge in [0.2, 0.25) is 0 Å². The fourth-order valence-corrected chi connectivity index (χ4v) is 0.449. The molecule has 0 heterocycles. The van der Waals surface area contributed by atoms with Gasteiger partial charge < -0.3 is 4.18 Å². The van der Waals surface area contributed by atoms with Gasteiger partial charge in [0, 0.05) is 6.42 Å². The van der Waals surface area contributed by atoms with Gasteiger partial charge in [0.05, 0.1) is 0 Å². The van der Waals surface area contributed by atoms with Crippen LogP contribution in [-0.4, -0.2) is 0 Å². The summed E-state index contributed by atoms with van der Waals surface area (Å²) in [6.45, 7) is 7.01. The summed E-state index contributed by atoms with van der Waals surface area (Å²) in [6.07, 6.45) is 4.75. The van der Waals surface area contributed by atoms with Gasteiger partial charge in [0.25, 0.3) is 0 Å². The second-order valence-electron chi connectivity index (χ2n) is 1.25. The van der Waals surface area contributed by atoms with Gasteiger partial charge in [0.15, 0.2) is 0 Å². The van der Waals surface area contributed by atoms with E-state index in [4.69, 9.17) is 0 Å². The Hall–Kier alpha value is -0.210. The normalized spacial score (nSPS) is 9.25. The summed E-state index contributed by atoms with van der Waals surface area (Å²) < 4.78 is 4.56. The fourth-order valence-electron chi connectivity index (χ4n) is 0.300. The minimum absolute atomic E-state index is 0.688. The van der Waals surface area contributed by atoms with Crippen molar-refractivity contribution in [1.82, 2.24) is 0 Å². The van der Waals surface area contributed by atoms with Crippen LogP contribution in [0.4, 0.5) is 0 Å². The molecule has 0 aliphatic carbocycles. The van der Waals surface area contributed by atoms with Crippen molar-refractivity contribution >= 4 is 12.9 Å². The van der Waals surface area contributed by atoms with Crippen LogP contribution in [-0.2, 0) is 4.18 Å². The predicted octanol–water partition coefficient (Wildman–Crippen LogP) is 2.14. The lowest BCUT2D eigenvalue weighted by Gasteiger charge is -2.00. The summed E-state index contributed by atoms with van der Waals surface area (Å²) in [4.78, 5) is 0. The molecule has 0 saturated heterocycles. The van der Waals surface area contributed by atoms with Crippen LogP contribution < -0.4 is 0 Å². The highest BCUT2D eigenvalue weighted by Gasteiger charge is 1.97. The monoisotopic (exact) mass is 129 g/mol. The Morgan fingerprint density at radius 1 is 1.62 bits per heavy atom. The molecule has 0 rings (SSSR count). The molecule has 0 spiro atoms. The number of hydrogen-bond acceptors (Lipinski definition) is 2. The summed E-state index contributed by atoms with van der Waals surface area (Å²) in [5.41, 5.74) is 0. The molecule has 8 heavy (non-hydrogen) atoms. The van der Waals surface area contributed by atoms with E-state index in [1.165, 1.54) is 0 Å². The summed E-state index contributed by atoms with van der Waals surface area (Å²) in [5, 5.41) is 0. The van der Waals surface area contributed by atoms with Crippen molar-refractivity contribution in [3.8, 4) is 0 Å². The van der Waals surface area contributed by atoms with E-state index in [9.17, 15) is 0 Å². The third-order valence-corrected chi connectivity index (χ3v) is 0.925. The molecule has 0 fully saturated rings. The van der Waals surface area contributed by atoms with Crippen molar-refractivity contribution in [3.05, 3.63) is 31.4 Å².